The Morgan fingerprint density at radius 1 is 0.778 bits per heavy atom. The lowest BCUT2D eigenvalue weighted by molar-refractivity contribution is 0.935. The summed E-state index contributed by atoms with van der Waals surface area (Å²) in [7, 11) is 0. The molecular formula is C25H23NS. The lowest BCUT2D eigenvalue weighted by Gasteiger charge is -2.28. The van der Waals surface area contributed by atoms with E-state index in [0.29, 0.717) is 5.92 Å². The van der Waals surface area contributed by atoms with Crippen LogP contribution in [0.3, 0.4) is 0 Å². The van der Waals surface area contributed by atoms with Crippen molar-refractivity contribution >= 4 is 23.1 Å². The fraction of sp³-hybridized carbons (Fsp3) is 0.120. The SMILES string of the molecule is CC1/C=C\C=C(\N(c2ccccc2)c2ccccc2)CSc2ccccc21. The van der Waals surface area contributed by atoms with E-state index in [2.05, 4.69) is 115 Å². The topological polar surface area (TPSA) is 3.24 Å². The van der Waals surface area contributed by atoms with Crippen LogP contribution in [0.5, 0.6) is 0 Å². The summed E-state index contributed by atoms with van der Waals surface area (Å²) in [6.45, 7) is 2.26. The van der Waals surface area contributed by atoms with Crippen LogP contribution in [0.1, 0.15) is 18.4 Å². The van der Waals surface area contributed by atoms with Crippen molar-refractivity contribution in [2.75, 3.05) is 10.7 Å². The van der Waals surface area contributed by atoms with Gasteiger partial charge in [0.05, 0.1) is 0 Å². The Hall–Kier alpha value is -2.71. The van der Waals surface area contributed by atoms with Crippen LogP contribution in [0.4, 0.5) is 11.4 Å². The highest BCUT2D eigenvalue weighted by Gasteiger charge is 2.17. The van der Waals surface area contributed by atoms with E-state index in [1.807, 2.05) is 11.8 Å². The van der Waals surface area contributed by atoms with Crippen molar-refractivity contribution in [3.8, 4) is 0 Å². The molecule has 2 heteroatoms. The van der Waals surface area contributed by atoms with Gasteiger partial charge < -0.3 is 4.90 Å². The summed E-state index contributed by atoms with van der Waals surface area (Å²) in [5.74, 6) is 1.32. The molecule has 134 valence electrons. The number of benzene rings is 3. The molecule has 1 atom stereocenters. The molecule has 0 aliphatic carbocycles. The molecule has 0 fully saturated rings. The number of para-hydroxylation sites is 2. The number of hydrogen-bond donors (Lipinski definition) is 0. The first-order valence-electron chi connectivity index (χ1n) is 9.32. The van der Waals surface area contributed by atoms with E-state index in [0.717, 1.165) is 5.75 Å². The lowest BCUT2D eigenvalue weighted by Crippen LogP contribution is -2.18. The summed E-state index contributed by atoms with van der Waals surface area (Å²) in [4.78, 5) is 3.72. The third-order valence-electron chi connectivity index (χ3n) is 4.79. The molecule has 0 radical (unpaired) electrons. The molecule has 0 amide bonds. The number of anilines is 2. The summed E-state index contributed by atoms with van der Waals surface area (Å²) in [5.41, 5.74) is 5.05. The van der Waals surface area contributed by atoms with Gasteiger partial charge in [-0.1, -0.05) is 73.7 Å². The molecule has 1 unspecified atom stereocenters. The van der Waals surface area contributed by atoms with Crippen LogP contribution < -0.4 is 4.90 Å². The first-order valence-corrected chi connectivity index (χ1v) is 10.3. The Morgan fingerprint density at radius 2 is 1.37 bits per heavy atom. The highest BCUT2D eigenvalue weighted by atomic mass is 32.2. The molecule has 0 bridgehead atoms. The van der Waals surface area contributed by atoms with Gasteiger partial charge in [-0.2, -0.15) is 0 Å². The van der Waals surface area contributed by atoms with Gasteiger partial charge in [0.15, 0.2) is 0 Å². The van der Waals surface area contributed by atoms with Crippen LogP contribution in [0.15, 0.2) is 114 Å². The van der Waals surface area contributed by atoms with Gasteiger partial charge >= 0.3 is 0 Å². The molecule has 3 aromatic rings. The second-order valence-corrected chi connectivity index (χ2v) is 7.68. The van der Waals surface area contributed by atoms with E-state index in [-0.39, 0.29) is 0 Å². The van der Waals surface area contributed by atoms with Crippen LogP contribution in [0, 0.1) is 0 Å². The monoisotopic (exact) mass is 369 g/mol. The summed E-state index contributed by atoms with van der Waals surface area (Å²) < 4.78 is 0. The average Bonchev–Trinajstić information content (AvgIpc) is 2.80. The predicted molar refractivity (Wildman–Crippen MR) is 118 cm³/mol. The molecule has 0 saturated carbocycles. The molecule has 0 saturated heterocycles. The molecule has 1 heterocycles. The van der Waals surface area contributed by atoms with Gasteiger partial charge in [0, 0.05) is 33.6 Å². The Kier molecular flexibility index (Phi) is 5.45. The fourth-order valence-corrected chi connectivity index (χ4v) is 4.52. The molecule has 0 N–H and O–H groups in total. The minimum absolute atomic E-state index is 0.409. The molecule has 3 aromatic carbocycles. The maximum Gasteiger partial charge on any atom is 0.0458 e. The standard InChI is InChI=1S/C25H23NS/c1-20-11-10-16-23(19-27-25-18-9-8-17-24(20)25)26(21-12-4-2-5-13-21)22-14-6-3-7-15-22/h2-18,20H,19H2,1H3/b11-10-,23-16+. The van der Waals surface area contributed by atoms with Crippen LogP contribution in [0.25, 0.3) is 0 Å². The zero-order valence-corrected chi connectivity index (χ0v) is 16.3. The molecular weight excluding hydrogens is 346 g/mol. The van der Waals surface area contributed by atoms with E-state index in [9.17, 15) is 0 Å². The van der Waals surface area contributed by atoms with Crippen molar-refractivity contribution in [2.45, 2.75) is 17.7 Å². The predicted octanol–water partition coefficient (Wildman–Crippen LogP) is 7.17. The van der Waals surface area contributed by atoms with Crippen molar-refractivity contribution in [3.63, 3.8) is 0 Å². The number of rotatable bonds is 3. The lowest BCUT2D eigenvalue weighted by atomic mass is 10.0. The van der Waals surface area contributed by atoms with E-state index >= 15 is 0 Å². The largest absolute Gasteiger partial charge is 0.313 e. The zero-order chi connectivity index (χ0) is 18.5. The zero-order valence-electron chi connectivity index (χ0n) is 15.5. The van der Waals surface area contributed by atoms with Crippen LogP contribution in [-0.4, -0.2) is 5.75 Å². The summed E-state index contributed by atoms with van der Waals surface area (Å²) in [5, 5.41) is 0. The maximum atomic E-state index is 2.36. The van der Waals surface area contributed by atoms with Crippen LogP contribution in [0.2, 0.25) is 0 Å². The minimum Gasteiger partial charge on any atom is -0.313 e. The third-order valence-corrected chi connectivity index (χ3v) is 5.91. The van der Waals surface area contributed by atoms with Crippen LogP contribution in [-0.2, 0) is 0 Å². The molecule has 1 nitrogen and oxygen atoms in total. The molecule has 27 heavy (non-hydrogen) atoms. The molecule has 0 spiro atoms. The second kappa shape index (κ2) is 8.32. The number of allylic oxidation sites excluding steroid dienone is 3. The number of thioether (sulfide) groups is 1. The number of hydrogen-bond acceptors (Lipinski definition) is 2. The Morgan fingerprint density at radius 3 is 2.04 bits per heavy atom. The maximum absolute atomic E-state index is 2.36. The quantitative estimate of drug-likeness (QED) is 0.481. The number of nitrogens with zero attached hydrogens (tertiary/aromatic N) is 1. The normalized spacial score (nSPS) is 19.6. The van der Waals surface area contributed by atoms with Crippen molar-refractivity contribution in [3.05, 3.63) is 114 Å². The van der Waals surface area contributed by atoms with E-state index < -0.39 is 0 Å². The molecule has 1 aliphatic heterocycles. The summed E-state index contributed by atoms with van der Waals surface area (Å²) >= 11 is 1.92. The first kappa shape index (κ1) is 17.7. The summed E-state index contributed by atoms with van der Waals surface area (Å²) in [6.07, 6.45) is 6.76. The van der Waals surface area contributed by atoms with Crippen molar-refractivity contribution < 1.29 is 0 Å². The Labute approximate surface area is 166 Å². The van der Waals surface area contributed by atoms with Gasteiger partial charge in [-0.05, 0) is 42.0 Å². The van der Waals surface area contributed by atoms with Crippen molar-refractivity contribution in [2.24, 2.45) is 0 Å². The van der Waals surface area contributed by atoms with E-state index in [4.69, 9.17) is 0 Å². The molecule has 4 rings (SSSR count). The molecule has 0 aromatic heterocycles. The average molecular weight is 370 g/mol. The highest BCUT2D eigenvalue weighted by Crippen LogP contribution is 2.36. The van der Waals surface area contributed by atoms with Gasteiger partial charge in [-0.3, -0.25) is 0 Å². The first-order chi connectivity index (χ1) is 13.3. The third kappa shape index (κ3) is 4.01. The van der Waals surface area contributed by atoms with Crippen molar-refractivity contribution in [1.82, 2.24) is 0 Å². The van der Waals surface area contributed by atoms with Gasteiger partial charge in [0.2, 0.25) is 0 Å². The van der Waals surface area contributed by atoms with Gasteiger partial charge in [-0.15, -0.1) is 11.8 Å². The Balaban J connectivity index is 1.76. The molecule has 1 aliphatic rings. The van der Waals surface area contributed by atoms with Gasteiger partial charge in [-0.25, -0.2) is 0 Å². The van der Waals surface area contributed by atoms with Crippen molar-refractivity contribution in [1.29, 1.82) is 0 Å². The fourth-order valence-electron chi connectivity index (χ4n) is 3.40. The van der Waals surface area contributed by atoms with E-state index in [1.54, 1.807) is 0 Å². The smallest absolute Gasteiger partial charge is 0.0458 e. The summed E-state index contributed by atoms with van der Waals surface area (Å²) in [6, 6.07) is 30.0. The van der Waals surface area contributed by atoms with E-state index in [1.165, 1.54) is 27.5 Å². The number of fused-ring (bicyclic) bond motifs is 1. The minimum atomic E-state index is 0.409. The van der Waals surface area contributed by atoms with Gasteiger partial charge in [0.25, 0.3) is 0 Å². The highest BCUT2D eigenvalue weighted by molar-refractivity contribution is 7.99. The Bertz CT molecular complexity index is 905. The van der Waals surface area contributed by atoms with Gasteiger partial charge in [0.1, 0.15) is 0 Å². The second-order valence-electron chi connectivity index (χ2n) is 6.66. The van der Waals surface area contributed by atoms with Crippen LogP contribution >= 0.6 is 11.8 Å².